The van der Waals surface area contributed by atoms with Crippen molar-refractivity contribution in [3.05, 3.63) is 45.3 Å². The number of hydrogen-bond donors (Lipinski definition) is 2. The van der Waals surface area contributed by atoms with E-state index in [9.17, 15) is 4.79 Å². The van der Waals surface area contributed by atoms with E-state index in [-0.39, 0.29) is 5.91 Å². The summed E-state index contributed by atoms with van der Waals surface area (Å²) in [5.74, 6) is 0.0961. The van der Waals surface area contributed by atoms with Gasteiger partial charge in [-0.1, -0.05) is 0 Å². The van der Waals surface area contributed by atoms with Crippen molar-refractivity contribution in [3.63, 3.8) is 0 Å². The first kappa shape index (κ1) is 13.0. The molecule has 0 unspecified atom stereocenters. The van der Waals surface area contributed by atoms with Gasteiger partial charge in [0.2, 0.25) is 0 Å². The Morgan fingerprint density at radius 1 is 1.25 bits per heavy atom. The fourth-order valence-corrected chi connectivity index (χ4v) is 2.29. The SMILES string of the molecule is Cc1ccc(NC(=O)c2n[nH]c3ccc(I)cc23)nn1. The molecule has 6 nitrogen and oxygen atoms in total. The summed E-state index contributed by atoms with van der Waals surface area (Å²) in [4.78, 5) is 12.2. The third kappa shape index (κ3) is 2.48. The van der Waals surface area contributed by atoms with Crippen LogP contribution in [-0.2, 0) is 0 Å². The maximum Gasteiger partial charge on any atom is 0.278 e. The van der Waals surface area contributed by atoms with E-state index >= 15 is 0 Å². The molecule has 3 rings (SSSR count). The average Bonchev–Trinajstić information content (AvgIpc) is 2.84. The Bertz CT molecular complexity index is 781. The van der Waals surface area contributed by atoms with Crippen LogP contribution in [0.4, 0.5) is 5.82 Å². The third-order valence-corrected chi connectivity index (χ3v) is 3.45. The highest BCUT2D eigenvalue weighted by atomic mass is 127. The molecule has 7 heteroatoms. The molecule has 2 N–H and O–H groups in total. The zero-order chi connectivity index (χ0) is 14.1. The molecular weight excluding hydrogens is 369 g/mol. The molecule has 1 amide bonds. The number of nitrogens with one attached hydrogen (secondary N) is 2. The van der Waals surface area contributed by atoms with E-state index in [1.165, 1.54) is 0 Å². The number of carbonyl (C=O) groups is 1. The largest absolute Gasteiger partial charge is 0.304 e. The number of rotatable bonds is 2. The van der Waals surface area contributed by atoms with E-state index in [4.69, 9.17) is 0 Å². The molecule has 0 spiro atoms. The lowest BCUT2D eigenvalue weighted by molar-refractivity contribution is 0.102. The molecular formula is C13H10IN5O. The number of H-pyrrole nitrogens is 1. The minimum atomic E-state index is -0.309. The highest BCUT2D eigenvalue weighted by molar-refractivity contribution is 14.1. The first-order valence-corrected chi connectivity index (χ1v) is 6.97. The van der Waals surface area contributed by atoms with E-state index in [2.05, 4.69) is 48.3 Å². The quantitative estimate of drug-likeness (QED) is 0.671. The Hall–Kier alpha value is -2.03. The number of anilines is 1. The zero-order valence-corrected chi connectivity index (χ0v) is 12.7. The molecule has 0 bridgehead atoms. The van der Waals surface area contributed by atoms with Crippen molar-refractivity contribution in [2.75, 3.05) is 5.32 Å². The van der Waals surface area contributed by atoms with Crippen molar-refractivity contribution < 1.29 is 4.79 Å². The highest BCUT2D eigenvalue weighted by Gasteiger charge is 2.15. The molecule has 1 aromatic carbocycles. The number of halogens is 1. The number of amides is 1. The minimum absolute atomic E-state index is 0.309. The van der Waals surface area contributed by atoms with Crippen LogP contribution in [0.15, 0.2) is 30.3 Å². The van der Waals surface area contributed by atoms with Crippen LogP contribution in [0.5, 0.6) is 0 Å². The van der Waals surface area contributed by atoms with Crippen LogP contribution in [0.3, 0.4) is 0 Å². The van der Waals surface area contributed by atoms with E-state index in [1.54, 1.807) is 12.1 Å². The maximum absolute atomic E-state index is 12.2. The summed E-state index contributed by atoms with van der Waals surface area (Å²) in [5, 5.41) is 18.2. The lowest BCUT2D eigenvalue weighted by Crippen LogP contribution is -2.14. The number of fused-ring (bicyclic) bond motifs is 1. The van der Waals surface area contributed by atoms with Crippen LogP contribution in [0.1, 0.15) is 16.2 Å². The summed E-state index contributed by atoms with van der Waals surface area (Å²) < 4.78 is 1.04. The van der Waals surface area contributed by atoms with Gasteiger partial charge >= 0.3 is 0 Å². The van der Waals surface area contributed by atoms with E-state index in [1.807, 2.05) is 25.1 Å². The van der Waals surface area contributed by atoms with Crippen molar-refractivity contribution in [2.24, 2.45) is 0 Å². The lowest BCUT2D eigenvalue weighted by atomic mass is 10.2. The zero-order valence-electron chi connectivity index (χ0n) is 10.5. The van der Waals surface area contributed by atoms with Gasteiger partial charge in [-0.2, -0.15) is 10.2 Å². The van der Waals surface area contributed by atoms with Crippen LogP contribution >= 0.6 is 22.6 Å². The summed E-state index contributed by atoms with van der Waals surface area (Å²) in [7, 11) is 0. The topological polar surface area (TPSA) is 83.6 Å². The van der Waals surface area contributed by atoms with Gasteiger partial charge in [0.25, 0.3) is 5.91 Å². The maximum atomic E-state index is 12.2. The molecule has 0 aliphatic carbocycles. The first-order valence-electron chi connectivity index (χ1n) is 5.89. The van der Waals surface area contributed by atoms with Gasteiger partial charge in [-0.3, -0.25) is 9.89 Å². The molecule has 0 aliphatic heterocycles. The van der Waals surface area contributed by atoms with Crippen LogP contribution < -0.4 is 5.32 Å². The Balaban J connectivity index is 1.92. The van der Waals surface area contributed by atoms with Crippen molar-refractivity contribution in [1.82, 2.24) is 20.4 Å². The minimum Gasteiger partial charge on any atom is -0.304 e. The van der Waals surface area contributed by atoms with E-state index in [0.717, 1.165) is 20.2 Å². The van der Waals surface area contributed by atoms with Crippen LogP contribution in [0.25, 0.3) is 10.9 Å². The van der Waals surface area contributed by atoms with Crippen molar-refractivity contribution >= 4 is 45.2 Å². The predicted octanol–water partition coefficient (Wildman–Crippen LogP) is 2.52. The average molecular weight is 379 g/mol. The van der Waals surface area contributed by atoms with Crippen LogP contribution in [-0.4, -0.2) is 26.3 Å². The third-order valence-electron chi connectivity index (χ3n) is 2.78. The second kappa shape index (κ2) is 5.16. The van der Waals surface area contributed by atoms with Gasteiger partial charge in [-0.25, -0.2) is 0 Å². The summed E-state index contributed by atoms with van der Waals surface area (Å²) in [6, 6.07) is 9.25. The Morgan fingerprint density at radius 3 is 2.85 bits per heavy atom. The van der Waals surface area contributed by atoms with Gasteiger partial charge in [0.05, 0.1) is 11.2 Å². The van der Waals surface area contributed by atoms with Gasteiger partial charge in [0.1, 0.15) is 0 Å². The van der Waals surface area contributed by atoms with Crippen LogP contribution in [0, 0.1) is 10.5 Å². The lowest BCUT2D eigenvalue weighted by Gasteiger charge is -2.02. The number of aromatic nitrogens is 4. The second-order valence-corrected chi connectivity index (χ2v) is 5.52. The molecule has 0 saturated carbocycles. The Labute approximate surface area is 128 Å². The highest BCUT2D eigenvalue weighted by Crippen LogP contribution is 2.19. The molecule has 20 heavy (non-hydrogen) atoms. The molecule has 100 valence electrons. The monoisotopic (exact) mass is 379 g/mol. The number of aromatic amines is 1. The second-order valence-electron chi connectivity index (χ2n) is 4.28. The Kier molecular flexibility index (Phi) is 3.35. The van der Waals surface area contributed by atoms with E-state index in [0.29, 0.717) is 11.5 Å². The van der Waals surface area contributed by atoms with Gasteiger partial charge < -0.3 is 5.32 Å². The number of nitrogens with zero attached hydrogens (tertiary/aromatic N) is 3. The summed E-state index contributed by atoms with van der Waals surface area (Å²) >= 11 is 2.20. The van der Waals surface area contributed by atoms with Gasteiger partial charge in [-0.15, -0.1) is 5.10 Å². The van der Waals surface area contributed by atoms with Crippen molar-refractivity contribution in [1.29, 1.82) is 0 Å². The summed E-state index contributed by atoms with van der Waals surface area (Å²) in [6.45, 7) is 1.84. The molecule has 0 saturated heterocycles. The molecule has 2 heterocycles. The molecule has 3 aromatic rings. The Morgan fingerprint density at radius 2 is 2.10 bits per heavy atom. The summed E-state index contributed by atoms with van der Waals surface area (Å²) in [5.41, 5.74) is 1.97. The molecule has 0 fully saturated rings. The fraction of sp³-hybridized carbons (Fsp3) is 0.0769. The fourth-order valence-electron chi connectivity index (χ4n) is 1.80. The molecule has 0 radical (unpaired) electrons. The molecule has 0 aliphatic rings. The van der Waals surface area contributed by atoms with E-state index < -0.39 is 0 Å². The first-order chi connectivity index (χ1) is 9.63. The normalized spacial score (nSPS) is 10.7. The predicted molar refractivity (Wildman–Crippen MR) is 83.5 cm³/mol. The molecule has 0 atom stereocenters. The molecule has 2 aromatic heterocycles. The number of hydrogen-bond acceptors (Lipinski definition) is 4. The van der Waals surface area contributed by atoms with Crippen molar-refractivity contribution in [2.45, 2.75) is 6.92 Å². The van der Waals surface area contributed by atoms with Crippen molar-refractivity contribution in [3.8, 4) is 0 Å². The smallest absolute Gasteiger partial charge is 0.278 e. The van der Waals surface area contributed by atoms with Crippen LogP contribution in [0.2, 0.25) is 0 Å². The standard InChI is InChI=1S/C13H10IN5O/c1-7-2-5-11(18-16-7)15-13(20)12-9-6-8(14)3-4-10(9)17-19-12/h2-6H,1H3,(H,17,19)(H,15,18,20). The van der Waals surface area contributed by atoms with Gasteiger partial charge in [0.15, 0.2) is 11.5 Å². The van der Waals surface area contributed by atoms with Gasteiger partial charge in [-0.05, 0) is 59.8 Å². The number of carbonyl (C=O) groups excluding carboxylic acids is 1. The number of aryl methyl sites for hydroxylation is 1. The van der Waals surface area contributed by atoms with Gasteiger partial charge in [0, 0.05) is 8.96 Å². The summed E-state index contributed by atoms with van der Waals surface area (Å²) in [6.07, 6.45) is 0. The number of benzene rings is 1.